The fraction of sp³-hybridized carbons (Fsp3) is 0.421. The molecule has 0 saturated heterocycles. The van der Waals surface area contributed by atoms with Crippen molar-refractivity contribution < 1.29 is 9.53 Å². The van der Waals surface area contributed by atoms with E-state index in [0.29, 0.717) is 5.75 Å². The maximum Gasteiger partial charge on any atom is 0.170 e. The number of Topliss-reactive ketones (excluding diaryl/α,β-unsaturated/α-hetero) is 1. The maximum absolute atomic E-state index is 13.0. The van der Waals surface area contributed by atoms with Crippen LogP contribution in [0.25, 0.3) is 10.8 Å². The molecule has 0 N–H and O–H groups in total. The van der Waals surface area contributed by atoms with Gasteiger partial charge in [-0.25, -0.2) is 0 Å². The zero-order chi connectivity index (χ0) is 15.2. The Kier molecular flexibility index (Phi) is 5.38. The van der Waals surface area contributed by atoms with Crippen molar-refractivity contribution in [2.24, 2.45) is 5.92 Å². The number of carbonyl (C=O) groups excluding carboxylic acids is 1. The molecule has 0 bridgehead atoms. The lowest BCUT2D eigenvalue weighted by atomic mass is 9.88. The molecule has 0 spiro atoms. The van der Waals surface area contributed by atoms with Crippen molar-refractivity contribution in [2.45, 2.75) is 39.5 Å². The summed E-state index contributed by atoms with van der Waals surface area (Å²) in [6, 6.07) is 11.9. The number of methoxy groups -OCH3 is 1. The van der Waals surface area contributed by atoms with Crippen molar-refractivity contribution in [3.05, 3.63) is 42.0 Å². The standard InChI is InChI=1S/C19H24O2/c1-4-6-9-14(5-2)19(20)18-16-11-8-7-10-15(16)12-13-17(18)21-3/h7-8,10-14H,4-6,9H2,1-3H3. The largest absolute Gasteiger partial charge is 0.496 e. The number of ether oxygens (including phenoxy) is 1. The van der Waals surface area contributed by atoms with Crippen molar-refractivity contribution in [1.82, 2.24) is 0 Å². The highest BCUT2D eigenvalue weighted by Crippen LogP contribution is 2.32. The number of carbonyl (C=O) groups is 1. The molecule has 1 atom stereocenters. The summed E-state index contributed by atoms with van der Waals surface area (Å²) < 4.78 is 5.45. The van der Waals surface area contributed by atoms with Crippen molar-refractivity contribution >= 4 is 16.6 Å². The van der Waals surface area contributed by atoms with E-state index in [9.17, 15) is 4.79 Å². The predicted molar refractivity (Wildman–Crippen MR) is 88.1 cm³/mol. The topological polar surface area (TPSA) is 26.3 Å². The van der Waals surface area contributed by atoms with Crippen LogP contribution < -0.4 is 4.74 Å². The van der Waals surface area contributed by atoms with Gasteiger partial charge in [0.05, 0.1) is 12.7 Å². The third-order valence-corrected chi connectivity index (χ3v) is 4.13. The molecular weight excluding hydrogens is 260 g/mol. The minimum Gasteiger partial charge on any atom is -0.496 e. The molecule has 0 aliphatic carbocycles. The Hall–Kier alpha value is -1.83. The fourth-order valence-corrected chi connectivity index (χ4v) is 2.85. The molecule has 2 rings (SSSR count). The predicted octanol–water partition coefficient (Wildman–Crippen LogP) is 5.25. The van der Waals surface area contributed by atoms with E-state index in [-0.39, 0.29) is 11.7 Å². The molecule has 0 amide bonds. The van der Waals surface area contributed by atoms with Crippen molar-refractivity contribution in [3.63, 3.8) is 0 Å². The molecule has 0 aliphatic heterocycles. The Morgan fingerprint density at radius 1 is 1.14 bits per heavy atom. The summed E-state index contributed by atoms with van der Waals surface area (Å²) in [4.78, 5) is 13.0. The molecule has 0 radical (unpaired) electrons. The molecule has 0 fully saturated rings. The van der Waals surface area contributed by atoms with Gasteiger partial charge in [-0.15, -0.1) is 0 Å². The summed E-state index contributed by atoms with van der Waals surface area (Å²) in [5.74, 6) is 0.998. The van der Waals surface area contributed by atoms with E-state index in [1.54, 1.807) is 7.11 Å². The highest BCUT2D eigenvalue weighted by Gasteiger charge is 2.23. The summed E-state index contributed by atoms with van der Waals surface area (Å²) in [6.45, 7) is 4.26. The number of rotatable bonds is 7. The van der Waals surface area contributed by atoms with Gasteiger partial charge in [0, 0.05) is 5.92 Å². The number of hydrogen-bond acceptors (Lipinski definition) is 2. The molecule has 2 aromatic carbocycles. The first-order chi connectivity index (χ1) is 10.2. The van der Waals surface area contributed by atoms with Crippen LogP contribution in [0.2, 0.25) is 0 Å². The van der Waals surface area contributed by atoms with Crippen LogP contribution in [0.4, 0.5) is 0 Å². The van der Waals surface area contributed by atoms with Gasteiger partial charge in [-0.1, -0.05) is 57.0 Å². The molecule has 2 heteroatoms. The molecule has 2 nitrogen and oxygen atoms in total. The SMILES string of the molecule is CCCCC(CC)C(=O)c1c(OC)ccc2ccccc12. The van der Waals surface area contributed by atoms with Crippen LogP contribution in [0.15, 0.2) is 36.4 Å². The zero-order valence-corrected chi connectivity index (χ0v) is 13.2. The Bertz CT molecular complexity index is 616. The van der Waals surface area contributed by atoms with Crippen molar-refractivity contribution in [2.75, 3.05) is 7.11 Å². The molecule has 0 heterocycles. The summed E-state index contributed by atoms with van der Waals surface area (Å²) in [5, 5.41) is 2.09. The summed E-state index contributed by atoms with van der Waals surface area (Å²) in [5.41, 5.74) is 0.749. The van der Waals surface area contributed by atoms with E-state index >= 15 is 0 Å². The Labute approximate surface area is 127 Å². The normalized spacial score (nSPS) is 12.3. The van der Waals surface area contributed by atoms with E-state index in [1.165, 1.54) is 0 Å². The molecule has 21 heavy (non-hydrogen) atoms. The number of fused-ring (bicyclic) bond motifs is 1. The average Bonchev–Trinajstić information content (AvgIpc) is 2.54. The van der Waals surface area contributed by atoms with E-state index in [0.717, 1.165) is 42.0 Å². The molecule has 0 saturated carbocycles. The van der Waals surface area contributed by atoms with Gasteiger partial charge in [0.2, 0.25) is 0 Å². The Morgan fingerprint density at radius 3 is 2.57 bits per heavy atom. The van der Waals surface area contributed by atoms with E-state index in [1.807, 2.05) is 36.4 Å². The first-order valence-electron chi connectivity index (χ1n) is 7.82. The molecular formula is C19H24O2. The van der Waals surface area contributed by atoms with Crippen LogP contribution in [-0.4, -0.2) is 12.9 Å². The lowest BCUT2D eigenvalue weighted by molar-refractivity contribution is 0.0907. The Balaban J connectivity index is 2.49. The maximum atomic E-state index is 13.0. The first-order valence-corrected chi connectivity index (χ1v) is 7.82. The van der Waals surface area contributed by atoms with Gasteiger partial charge in [-0.05, 0) is 29.7 Å². The molecule has 0 aromatic heterocycles. The lowest BCUT2D eigenvalue weighted by Gasteiger charge is -2.17. The monoisotopic (exact) mass is 284 g/mol. The van der Waals surface area contributed by atoms with Crippen LogP contribution >= 0.6 is 0 Å². The highest BCUT2D eigenvalue weighted by molar-refractivity contribution is 6.11. The minimum absolute atomic E-state index is 0.0876. The average molecular weight is 284 g/mol. The van der Waals surface area contributed by atoms with Gasteiger partial charge >= 0.3 is 0 Å². The third kappa shape index (κ3) is 3.26. The third-order valence-electron chi connectivity index (χ3n) is 4.13. The van der Waals surface area contributed by atoms with Gasteiger partial charge < -0.3 is 4.74 Å². The summed E-state index contributed by atoms with van der Waals surface area (Å²) in [6.07, 6.45) is 4.05. The number of ketones is 1. The molecule has 112 valence electrons. The minimum atomic E-state index is 0.0876. The van der Waals surface area contributed by atoms with Crippen LogP contribution in [0.3, 0.4) is 0 Å². The summed E-state index contributed by atoms with van der Waals surface area (Å²) >= 11 is 0. The van der Waals surface area contributed by atoms with Crippen LogP contribution in [0, 0.1) is 5.92 Å². The quantitative estimate of drug-likeness (QED) is 0.649. The molecule has 1 unspecified atom stereocenters. The summed E-state index contributed by atoms with van der Waals surface area (Å²) in [7, 11) is 1.63. The molecule has 2 aromatic rings. The van der Waals surface area contributed by atoms with Crippen LogP contribution in [-0.2, 0) is 0 Å². The fourth-order valence-electron chi connectivity index (χ4n) is 2.85. The number of benzene rings is 2. The van der Waals surface area contributed by atoms with Gasteiger partial charge in [0.25, 0.3) is 0 Å². The van der Waals surface area contributed by atoms with Gasteiger partial charge in [-0.2, -0.15) is 0 Å². The van der Waals surface area contributed by atoms with Crippen molar-refractivity contribution in [1.29, 1.82) is 0 Å². The van der Waals surface area contributed by atoms with E-state index < -0.39 is 0 Å². The van der Waals surface area contributed by atoms with Crippen molar-refractivity contribution in [3.8, 4) is 5.75 Å². The second-order valence-electron chi connectivity index (χ2n) is 5.48. The number of unbranched alkanes of at least 4 members (excludes halogenated alkanes) is 1. The van der Waals surface area contributed by atoms with Gasteiger partial charge in [0.15, 0.2) is 5.78 Å². The first kappa shape index (κ1) is 15.6. The Morgan fingerprint density at radius 2 is 1.90 bits per heavy atom. The van der Waals surface area contributed by atoms with Crippen LogP contribution in [0.5, 0.6) is 5.75 Å². The second-order valence-corrected chi connectivity index (χ2v) is 5.48. The number of hydrogen-bond donors (Lipinski definition) is 0. The van der Waals surface area contributed by atoms with E-state index in [2.05, 4.69) is 13.8 Å². The lowest BCUT2D eigenvalue weighted by Crippen LogP contribution is -2.15. The second kappa shape index (κ2) is 7.26. The van der Waals surface area contributed by atoms with Gasteiger partial charge in [0.1, 0.15) is 5.75 Å². The molecule has 0 aliphatic rings. The zero-order valence-electron chi connectivity index (χ0n) is 13.2. The smallest absolute Gasteiger partial charge is 0.170 e. The highest BCUT2D eigenvalue weighted by atomic mass is 16.5. The van der Waals surface area contributed by atoms with Gasteiger partial charge in [-0.3, -0.25) is 4.79 Å². The van der Waals surface area contributed by atoms with E-state index in [4.69, 9.17) is 4.74 Å². The van der Waals surface area contributed by atoms with Crippen LogP contribution in [0.1, 0.15) is 49.9 Å².